The first kappa shape index (κ1) is 15.8. The number of rotatable bonds is 4. The van der Waals surface area contributed by atoms with Crippen LogP contribution in [0.5, 0.6) is 0 Å². The Balaban J connectivity index is 1.43. The molecule has 1 fully saturated rings. The van der Waals surface area contributed by atoms with Crippen LogP contribution in [0.4, 0.5) is 11.4 Å². The molecule has 2 aromatic rings. The molecular formula is C18H20N4O3. The molecule has 1 aromatic carbocycles. The Labute approximate surface area is 145 Å². The van der Waals surface area contributed by atoms with E-state index in [-0.39, 0.29) is 18.0 Å². The van der Waals surface area contributed by atoms with Crippen LogP contribution in [0.3, 0.4) is 0 Å². The summed E-state index contributed by atoms with van der Waals surface area (Å²) < 4.78 is 6.55. The average Bonchev–Trinajstić information content (AvgIpc) is 3.27. The number of ether oxygens (including phenoxy) is 1. The minimum atomic E-state index is -0.276. The molecule has 7 heteroatoms. The summed E-state index contributed by atoms with van der Waals surface area (Å²) in [5.41, 5.74) is 3.51. The number of nitrogens with zero attached hydrogens (tertiary/aromatic N) is 3. The second-order valence-corrected chi connectivity index (χ2v) is 6.43. The lowest BCUT2D eigenvalue weighted by atomic mass is 10.1. The molecule has 2 aliphatic heterocycles. The maximum absolute atomic E-state index is 12.2. The van der Waals surface area contributed by atoms with Crippen LogP contribution in [0.25, 0.3) is 0 Å². The predicted octanol–water partition coefficient (Wildman–Crippen LogP) is 1.51. The van der Waals surface area contributed by atoms with Crippen molar-refractivity contribution < 1.29 is 9.53 Å². The van der Waals surface area contributed by atoms with Gasteiger partial charge in [-0.1, -0.05) is 6.07 Å². The molecule has 1 amide bonds. The van der Waals surface area contributed by atoms with Gasteiger partial charge in [0.1, 0.15) is 6.54 Å². The van der Waals surface area contributed by atoms with E-state index in [2.05, 4.69) is 15.3 Å². The minimum absolute atomic E-state index is 0.104. The van der Waals surface area contributed by atoms with Gasteiger partial charge in [-0.25, -0.2) is 4.68 Å². The van der Waals surface area contributed by atoms with E-state index in [1.165, 1.54) is 4.68 Å². The Kier molecular flexibility index (Phi) is 4.23. The molecule has 0 spiro atoms. The highest BCUT2D eigenvalue weighted by Crippen LogP contribution is 2.23. The SMILES string of the molecule is O=C(Cn1ncc(N2CCCC2)cc1=O)Nc1ccc2c(c1)COC2. The van der Waals surface area contributed by atoms with Crippen LogP contribution < -0.4 is 15.8 Å². The first-order valence-corrected chi connectivity index (χ1v) is 8.50. The van der Waals surface area contributed by atoms with E-state index in [9.17, 15) is 9.59 Å². The number of benzene rings is 1. The summed E-state index contributed by atoms with van der Waals surface area (Å²) in [6, 6.07) is 7.26. The Hall–Kier alpha value is -2.67. The van der Waals surface area contributed by atoms with Gasteiger partial charge in [-0.15, -0.1) is 0 Å². The van der Waals surface area contributed by atoms with Crippen molar-refractivity contribution in [2.24, 2.45) is 0 Å². The molecular weight excluding hydrogens is 320 g/mol. The maximum Gasteiger partial charge on any atom is 0.269 e. The van der Waals surface area contributed by atoms with Crippen LogP contribution in [0.1, 0.15) is 24.0 Å². The van der Waals surface area contributed by atoms with Crippen molar-refractivity contribution in [3.8, 4) is 0 Å². The summed E-state index contributed by atoms with van der Waals surface area (Å²) in [6.07, 6.45) is 3.93. The molecule has 4 rings (SSSR count). The Morgan fingerprint density at radius 1 is 1.16 bits per heavy atom. The monoisotopic (exact) mass is 340 g/mol. The summed E-state index contributed by atoms with van der Waals surface area (Å²) in [5, 5.41) is 6.96. The largest absolute Gasteiger partial charge is 0.372 e. The lowest BCUT2D eigenvalue weighted by Crippen LogP contribution is -2.30. The maximum atomic E-state index is 12.2. The number of hydrogen-bond acceptors (Lipinski definition) is 5. The van der Waals surface area contributed by atoms with Crippen molar-refractivity contribution in [2.45, 2.75) is 32.6 Å². The zero-order valence-electron chi connectivity index (χ0n) is 13.9. The van der Waals surface area contributed by atoms with Gasteiger partial charge in [0.15, 0.2) is 0 Å². The molecule has 3 heterocycles. The summed E-state index contributed by atoms with van der Waals surface area (Å²) in [6.45, 7) is 2.98. The minimum Gasteiger partial charge on any atom is -0.372 e. The number of carbonyl (C=O) groups excluding carboxylic acids is 1. The lowest BCUT2D eigenvalue weighted by molar-refractivity contribution is -0.117. The molecule has 0 unspecified atom stereocenters. The number of hydrogen-bond donors (Lipinski definition) is 1. The molecule has 0 radical (unpaired) electrons. The second kappa shape index (κ2) is 6.68. The van der Waals surface area contributed by atoms with Gasteiger partial charge >= 0.3 is 0 Å². The zero-order chi connectivity index (χ0) is 17.2. The summed E-state index contributed by atoms with van der Waals surface area (Å²) >= 11 is 0. The second-order valence-electron chi connectivity index (χ2n) is 6.43. The fourth-order valence-corrected chi connectivity index (χ4v) is 3.28. The van der Waals surface area contributed by atoms with Crippen LogP contribution in [0.2, 0.25) is 0 Å². The first-order valence-electron chi connectivity index (χ1n) is 8.50. The molecule has 0 saturated carbocycles. The molecule has 0 atom stereocenters. The molecule has 0 aliphatic carbocycles. The van der Waals surface area contributed by atoms with E-state index >= 15 is 0 Å². The number of fused-ring (bicyclic) bond motifs is 1. The fourth-order valence-electron chi connectivity index (χ4n) is 3.28. The highest BCUT2D eigenvalue weighted by Gasteiger charge is 2.15. The zero-order valence-corrected chi connectivity index (χ0v) is 13.9. The Bertz CT molecular complexity index is 856. The van der Waals surface area contributed by atoms with Crippen LogP contribution >= 0.6 is 0 Å². The number of aromatic nitrogens is 2. The number of nitrogens with one attached hydrogen (secondary N) is 1. The standard InChI is InChI=1S/C18H20N4O3/c23-17(20-15-4-3-13-11-25-12-14(13)7-15)10-22-18(24)8-16(9-19-22)21-5-1-2-6-21/h3-4,7-9H,1-2,5-6,10-12H2,(H,20,23). The van der Waals surface area contributed by atoms with Crippen molar-refractivity contribution in [3.63, 3.8) is 0 Å². The molecule has 1 N–H and O–H groups in total. The van der Waals surface area contributed by atoms with Gasteiger partial charge in [-0.2, -0.15) is 5.10 Å². The van der Waals surface area contributed by atoms with E-state index in [1.807, 2.05) is 18.2 Å². The van der Waals surface area contributed by atoms with Crippen LogP contribution in [-0.4, -0.2) is 28.8 Å². The third kappa shape index (κ3) is 3.41. The first-order chi connectivity index (χ1) is 12.2. The van der Waals surface area contributed by atoms with Gasteiger partial charge in [-0.05, 0) is 36.1 Å². The van der Waals surface area contributed by atoms with Crippen molar-refractivity contribution in [1.82, 2.24) is 9.78 Å². The lowest BCUT2D eigenvalue weighted by Gasteiger charge is -2.17. The predicted molar refractivity (Wildman–Crippen MR) is 93.5 cm³/mol. The third-order valence-electron chi connectivity index (χ3n) is 4.62. The summed E-state index contributed by atoms with van der Waals surface area (Å²) in [5.74, 6) is -0.276. The number of carbonyl (C=O) groups is 1. The quantitative estimate of drug-likeness (QED) is 0.913. The topological polar surface area (TPSA) is 76.5 Å². The van der Waals surface area contributed by atoms with Gasteiger partial charge in [0.05, 0.1) is 25.1 Å². The average molecular weight is 340 g/mol. The molecule has 2 aliphatic rings. The number of anilines is 2. The van der Waals surface area contributed by atoms with Crippen LogP contribution in [0, 0.1) is 0 Å². The van der Waals surface area contributed by atoms with E-state index < -0.39 is 0 Å². The van der Waals surface area contributed by atoms with Gasteiger partial charge in [-0.3, -0.25) is 9.59 Å². The van der Waals surface area contributed by atoms with Gasteiger partial charge in [0.25, 0.3) is 5.56 Å². The van der Waals surface area contributed by atoms with E-state index in [1.54, 1.807) is 12.3 Å². The Morgan fingerprint density at radius 3 is 2.76 bits per heavy atom. The van der Waals surface area contributed by atoms with Gasteiger partial charge in [0.2, 0.25) is 5.91 Å². The van der Waals surface area contributed by atoms with E-state index in [4.69, 9.17) is 4.74 Å². The van der Waals surface area contributed by atoms with Crippen molar-refractivity contribution >= 4 is 17.3 Å². The molecule has 7 nitrogen and oxygen atoms in total. The van der Waals surface area contributed by atoms with E-state index in [0.29, 0.717) is 18.9 Å². The van der Waals surface area contributed by atoms with Crippen LogP contribution in [0.15, 0.2) is 35.3 Å². The summed E-state index contributed by atoms with van der Waals surface area (Å²) in [7, 11) is 0. The van der Waals surface area contributed by atoms with Gasteiger partial charge in [0, 0.05) is 24.8 Å². The normalized spacial score (nSPS) is 16.1. The number of amides is 1. The Morgan fingerprint density at radius 2 is 1.96 bits per heavy atom. The molecule has 25 heavy (non-hydrogen) atoms. The van der Waals surface area contributed by atoms with Gasteiger partial charge < -0.3 is 15.0 Å². The van der Waals surface area contributed by atoms with Crippen molar-refractivity contribution in [3.05, 3.63) is 51.9 Å². The third-order valence-corrected chi connectivity index (χ3v) is 4.62. The van der Waals surface area contributed by atoms with E-state index in [0.717, 1.165) is 42.7 Å². The van der Waals surface area contributed by atoms with Crippen molar-refractivity contribution in [1.29, 1.82) is 0 Å². The highest BCUT2D eigenvalue weighted by atomic mass is 16.5. The molecule has 1 saturated heterocycles. The van der Waals surface area contributed by atoms with Crippen LogP contribution in [-0.2, 0) is 29.3 Å². The molecule has 130 valence electrons. The molecule has 0 bridgehead atoms. The summed E-state index contributed by atoms with van der Waals surface area (Å²) in [4.78, 5) is 26.6. The smallest absolute Gasteiger partial charge is 0.269 e. The van der Waals surface area contributed by atoms with Crippen molar-refractivity contribution in [2.75, 3.05) is 23.3 Å². The highest BCUT2D eigenvalue weighted by molar-refractivity contribution is 5.90. The fraction of sp³-hybridized carbons (Fsp3) is 0.389. The molecule has 1 aromatic heterocycles.